The van der Waals surface area contributed by atoms with E-state index in [0.717, 1.165) is 17.9 Å². The third-order valence-corrected chi connectivity index (χ3v) is 3.30. The van der Waals surface area contributed by atoms with Crippen molar-refractivity contribution in [3.05, 3.63) is 53.2 Å². The molecule has 2 aromatic rings. The Hall–Kier alpha value is -1.87. The molecule has 1 aromatic carbocycles. The molecule has 0 fully saturated rings. The lowest BCUT2D eigenvalue weighted by molar-refractivity contribution is 0.735. The lowest BCUT2D eigenvalue weighted by Gasteiger charge is -2.20. The molecule has 3 heteroatoms. The number of aromatic nitrogens is 1. The van der Waals surface area contributed by atoms with E-state index < -0.39 is 0 Å². The molecule has 2 rings (SSSR count). The minimum atomic E-state index is 0.166. The van der Waals surface area contributed by atoms with Crippen LogP contribution < -0.4 is 10.6 Å². The molecular weight excluding hydrogens is 246 g/mol. The molecule has 0 amide bonds. The molecule has 20 heavy (non-hydrogen) atoms. The fraction of sp³-hybridized carbons (Fsp3) is 0.353. The van der Waals surface area contributed by atoms with Crippen molar-refractivity contribution in [1.29, 1.82) is 0 Å². The average molecular weight is 269 g/mol. The van der Waals surface area contributed by atoms with Gasteiger partial charge >= 0.3 is 0 Å². The zero-order valence-corrected chi connectivity index (χ0v) is 12.7. The number of pyridine rings is 1. The number of rotatable bonds is 4. The molecule has 0 bridgehead atoms. The van der Waals surface area contributed by atoms with Gasteiger partial charge in [0.2, 0.25) is 0 Å². The van der Waals surface area contributed by atoms with E-state index in [9.17, 15) is 0 Å². The number of aryl methyl sites for hydroxylation is 2. The fourth-order valence-electron chi connectivity index (χ4n) is 2.38. The zero-order valence-electron chi connectivity index (χ0n) is 12.7. The lowest BCUT2D eigenvalue weighted by Crippen LogP contribution is -2.18. The molecule has 1 aromatic heterocycles. The third-order valence-electron chi connectivity index (χ3n) is 3.30. The van der Waals surface area contributed by atoms with Crippen molar-refractivity contribution in [1.82, 2.24) is 4.98 Å². The second-order valence-corrected chi connectivity index (χ2v) is 5.61. The van der Waals surface area contributed by atoms with Gasteiger partial charge in [-0.3, -0.25) is 0 Å². The topological polar surface area (TPSA) is 42.1 Å². The maximum absolute atomic E-state index is 5.81. The summed E-state index contributed by atoms with van der Waals surface area (Å²) >= 11 is 0. The van der Waals surface area contributed by atoms with Gasteiger partial charge < -0.3 is 10.6 Å². The third kappa shape index (κ3) is 3.58. The van der Waals surface area contributed by atoms with Crippen LogP contribution in [0.2, 0.25) is 0 Å². The van der Waals surface area contributed by atoms with Crippen LogP contribution in [0.1, 0.15) is 23.6 Å². The molecule has 0 aliphatic heterocycles. The number of nitrogens with two attached hydrogens (primary N) is 1. The monoisotopic (exact) mass is 269 g/mol. The average Bonchev–Trinajstić information content (AvgIpc) is 2.37. The highest BCUT2D eigenvalue weighted by molar-refractivity contribution is 5.61. The van der Waals surface area contributed by atoms with Crippen LogP contribution in [0.4, 0.5) is 11.5 Å². The Balaban J connectivity index is 2.22. The Morgan fingerprint density at radius 3 is 2.30 bits per heavy atom. The second-order valence-electron chi connectivity index (χ2n) is 5.61. The standard InChI is InChI=1S/C17H23N3/c1-12-7-13(2)9-16(8-12)20(4)17-6-5-15(11-19-17)10-14(3)18/h5-9,11,14H,10,18H2,1-4H3. The van der Waals surface area contributed by atoms with Gasteiger partial charge in [0.15, 0.2) is 0 Å². The van der Waals surface area contributed by atoms with Crippen LogP contribution in [0, 0.1) is 13.8 Å². The Bertz CT molecular complexity index is 553. The highest BCUT2D eigenvalue weighted by Gasteiger charge is 2.07. The van der Waals surface area contributed by atoms with Crippen molar-refractivity contribution in [2.24, 2.45) is 5.73 Å². The van der Waals surface area contributed by atoms with Crippen molar-refractivity contribution < 1.29 is 0 Å². The molecule has 106 valence electrons. The van der Waals surface area contributed by atoms with Crippen molar-refractivity contribution >= 4 is 11.5 Å². The summed E-state index contributed by atoms with van der Waals surface area (Å²) in [5.74, 6) is 0.948. The number of benzene rings is 1. The largest absolute Gasteiger partial charge is 0.329 e. The van der Waals surface area contributed by atoms with E-state index in [2.05, 4.69) is 54.1 Å². The fourth-order valence-corrected chi connectivity index (χ4v) is 2.38. The van der Waals surface area contributed by atoms with Crippen LogP contribution in [-0.2, 0) is 6.42 Å². The van der Waals surface area contributed by atoms with Gasteiger partial charge in [0.25, 0.3) is 0 Å². The van der Waals surface area contributed by atoms with E-state index in [0.29, 0.717) is 0 Å². The Kier molecular flexibility index (Phi) is 4.40. The summed E-state index contributed by atoms with van der Waals surface area (Å²) < 4.78 is 0. The maximum atomic E-state index is 5.81. The van der Waals surface area contributed by atoms with Gasteiger partial charge in [-0.2, -0.15) is 0 Å². The van der Waals surface area contributed by atoms with Crippen LogP contribution in [-0.4, -0.2) is 18.1 Å². The van der Waals surface area contributed by atoms with E-state index in [4.69, 9.17) is 5.73 Å². The van der Waals surface area contributed by atoms with E-state index in [1.54, 1.807) is 0 Å². The molecule has 2 N–H and O–H groups in total. The molecule has 0 aliphatic rings. The van der Waals surface area contributed by atoms with Crippen LogP contribution in [0.5, 0.6) is 0 Å². The summed E-state index contributed by atoms with van der Waals surface area (Å²) in [6.07, 6.45) is 2.78. The molecule has 1 unspecified atom stereocenters. The van der Waals surface area contributed by atoms with E-state index in [1.165, 1.54) is 16.7 Å². The first-order chi connectivity index (χ1) is 9.45. The molecule has 0 spiro atoms. The first-order valence-electron chi connectivity index (χ1n) is 6.98. The van der Waals surface area contributed by atoms with Gasteiger partial charge in [-0.1, -0.05) is 12.1 Å². The van der Waals surface area contributed by atoms with Gasteiger partial charge in [0.1, 0.15) is 5.82 Å². The molecule has 1 heterocycles. The van der Waals surface area contributed by atoms with E-state index in [-0.39, 0.29) is 6.04 Å². The Morgan fingerprint density at radius 1 is 1.15 bits per heavy atom. The minimum Gasteiger partial charge on any atom is -0.329 e. The van der Waals surface area contributed by atoms with Crippen molar-refractivity contribution in [3.8, 4) is 0 Å². The Morgan fingerprint density at radius 2 is 1.80 bits per heavy atom. The number of hydrogen-bond acceptors (Lipinski definition) is 3. The predicted octanol–water partition coefficient (Wildman–Crippen LogP) is 3.36. The number of nitrogens with zero attached hydrogens (tertiary/aromatic N) is 2. The van der Waals surface area contributed by atoms with Gasteiger partial charge in [-0.15, -0.1) is 0 Å². The van der Waals surface area contributed by atoms with Gasteiger partial charge in [-0.25, -0.2) is 4.98 Å². The Labute approximate surface area is 121 Å². The first-order valence-corrected chi connectivity index (χ1v) is 6.98. The molecule has 0 radical (unpaired) electrons. The van der Waals surface area contributed by atoms with E-state index in [1.807, 2.05) is 20.2 Å². The zero-order chi connectivity index (χ0) is 14.7. The summed E-state index contributed by atoms with van der Waals surface area (Å²) in [6.45, 7) is 6.24. The molecule has 3 nitrogen and oxygen atoms in total. The van der Waals surface area contributed by atoms with Crippen LogP contribution in [0.3, 0.4) is 0 Å². The minimum absolute atomic E-state index is 0.166. The highest BCUT2D eigenvalue weighted by atomic mass is 15.2. The summed E-state index contributed by atoms with van der Waals surface area (Å²) in [7, 11) is 2.04. The quantitative estimate of drug-likeness (QED) is 0.925. The van der Waals surface area contributed by atoms with Gasteiger partial charge in [-0.05, 0) is 62.1 Å². The maximum Gasteiger partial charge on any atom is 0.132 e. The summed E-state index contributed by atoms with van der Waals surface area (Å²) in [4.78, 5) is 6.64. The smallest absolute Gasteiger partial charge is 0.132 e. The van der Waals surface area contributed by atoms with Crippen LogP contribution in [0.25, 0.3) is 0 Å². The van der Waals surface area contributed by atoms with E-state index >= 15 is 0 Å². The molecule has 0 saturated heterocycles. The van der Waals surface area contributed by atoms with Gasteiger partial charge in [0.05, 0.1) is 0 Å². The molecule has 1 atom stereocenters. The first kappa shape index (κ1) is 14.5. The summed E-state index contributed by atoms with van der Waals surface area (Å²) in [5, 5.41) is 0. The lowest BCUT2D eigenvalue weighted by atomic mass is 10.1. The van der Waals surface area contributed by atoms with Crippen molar-refractivity contribution in [3.63, 3.8) is 0 Å². The number of hydrogen-bond donors (Lipinski definition) is 1. The number of anilines is 2. The summed E-state index contributed by atoms with van der Waals surface area (Å²) in [5.41, 5.74) is 10.7. The highest BCUT2D eigenvalue weighted by Crippen LogP contribution is 2.24. The summed E-state index contributed by atoms with van der Waals surface area (Å²) in [6, 6.07) is 10.8. The van der Waals surface area contributed by atoms with Crippen LogP contribution in [0.15, 0.2) is 36.5 Å². The SMILES string of the molecule is Cc1cc(C)cc(N(C)c2ccc(CC(C)N)cn2)c1. The molecular formula is C17H23N3. The second kappa shape index (κ2) is 6.06. The van der Waals surface area contributed by atoms with Gasteiger partial charge in [0, 0.05) is 25.0 Å². The predicted molar refractivity (Wildman–Crippen MR) is 85.6 cm³/mol. The van der Waals surface area contributed by atoms with Crippen molar-refractivity contribution in [2.45, 2.75) is 33.2 Å². The van der Waals surface area contributed by atoms with Crippen LogP contribution >= 0.6 is 0 Å². The molecule has 0 saturated carbocycles. The molecule has 0 aliphatic carbocycles. The van der Waals surface area contributed by atoms with Crippen molar-refractivity contribution in [2.75, 3.05) is 11.9 Å². The normalized spacial score (nSPS) is 12.2.